The van der Waals surface area contributed by atoms with Gasteiger partial charge in [0.1, 0.15) is 12.6 Å². The van der Waals surface area contributed by atoms with Gasteiger partial charge in [0.2, 0.25) is 5.91 Å². The average Bonchev–Trinajstić information content (AvgIpc) is 3.51. The quantitative estimate of drug-likeness (QED) is 0.262. The van der Waals surface area contributed by atoms with Gasteiger partial charge in [-0.1, -0.05) is 78.9 Å². The van der Waals surface area contributed by atoms with Crippen LogP contribution in [0.5, 0.6) is 0 Å². The molecule has 0 radical (unpaired) electrons. The number of nitrogens with zero attached hydrogens (tertiary/aromatic N) is 2. The lowest BCUT2D eigenvalue weighted by Crippen LogP contribution is -2.51. The molecule has 41 heavy (non-hydrogen) atoms. The van der Waals surface area contributed by atoms with Crippen LogP contribution in [-0.4, -0.2) is 51.6 Å². The molecule has 1 aromatic heterocycles. The van der Waals surface area contributed by atoms with E-state index in [1.165, 1.54) is 13.2 Å². The van der Waals surface area contributed by atoms with Crippen molar-refractivity contribution in [3.8, 4) is 11.1 Å². The molecule has 3 aromatic carbocycles. The largest absolute Gasteiger partial charge is 0.476 e. The molecule has 4 aromatic rings. The second kappa shape index (κ2) is 12.1. The molecule has 0 aliphatic heterocycles. The second-order valence-electron chi connectivity index (χ2n) is 9.77. The smallest absolute Gasteiger partial charge is 0.407 e. The fourth-order valence-corrected chi connectivity index (χ4v) is 5.05. The van der Waals surface area contributed by atoms with E-state index in [-0.39, 0.29) is 30.5 Å². The second-order valence-corrected chi connectivity index (χ2v) is 9.77. The van der Waals surface area contributed by atoms with Crippen molar-refractivity contribution >= 4 is 23.7 Å². The summed E-state index contributed by atoms with van der Waals surface area (Å²) in [4.78, 5) is 38.1. The first kappa shape index (κ1) is 27.6. The third-order valence-electron chi connectivity index (χ3n) is 7.12. The zero-order valence-corrected chi connectivity index (χ0v) is 22.6. The molecular weight excluding hydrogens is 524 g/mol. The van der Waals surface area contributed by atoms with Gasteiger partial charge >= 0.3 is 12.1 Å². The molecule has 2 atom stereocenters. The summed E-state index contributed by atoms with van der Waals surface area (Å²) in [6, 6.07) is 24.2. The van der Waals surface area contributed by atoms with Gasteiger partial charge in [-0.15, -0.1) is 0 Å². The Labute approximate surface area is 236 Å². The first-order valence-electron chi connectivity index (χ1n) is 13.2. The summed E-state index contributed by atoms with van der Waals surface area (Å²) in [7, 11) is 1.46. The molecule has 1 aliphatic carbocycles. The highest BCUT2D eigenvalue weighted by Gasteiger charge is 2.32. The van der Waals surface area contributed by atoms with Crippen LogP contribution in [-0.2, 0) is 27.9 Å². The van der Waals surface area contributed by atoms with Gasteiger partial charge in [0.05, 0.1) is 24.6 Å². The van der Waals surface area contributed by atoms with Crippen molar-refractivity contribution in [1.82, 2.24) is 15.1 Å². The summed E-state index contributed by atoms with van der Waals surface area (Å²) >= 11 is 0. The number of amides is 2. The number of rotatable bonds is 10. The van der Waals surface area contributed by atoms with Gasteiger partial charge in [0, 0.05) is 13.0 Å². The zero-order chi connectivity index (χ0) is 28.9. The van der Waals surface area contributed by atoms with Crippen LogP contribution in [0.25, 0.3) is 11.1 Å². The fraction of sp³-hybridized carbons (Fsp3) is 0.226. The maximum absolute atomic E-state index is 13.4. The molecule has 0 spiro atoms. The van der Waals surface area contributed by atoms with Gasteiger partial charge in [-0.2, -0.15) is 5.10 Å². The lowest BCUT2D eigenvalue weighted by molar-refractivity contribution is -0.121. The number of hydrogen-bond donors (Lipinski definition) is 3. The molecule has 2 unspecified atom stereocenters. The van der Waals surface area contributed by atoms with Crippen molar-refractivity contribution in [1.29, 1.82) is 0 Å². The summed E-state index contributed by atoms with van der Waals surface area (Å²) in [5.41, 5.74) is 5.02. The van der Waals surface area contributed by atoms with Crippen molar-refractivity contribution in [3.05, 3.63) is 107 Å². The summed E-state index contributed by atoms with van der Waals surface area (Å²) < 4.78 is 12.7. The molecule has 1 aliphatic rings. The highest BCUT2D eigenvalue weighted by Crippen LogP contribution is 2.44. The van der Waals surface area contributed by atoms with Crippen LogP contribution in [0.15, 0.2) is 85.1 Å². The molecule has 210 valence electrons. The Kier molecular flexibility index (Phi) is 8.11. The van der Waals surface area contributed by atoms with E-state index in [0.29, 0.717) is 0 Å². The number of fused-ring (bicyclic) bond motifs is 3. The van der Waals surface area contributed by atoms with Gasteiger partial charge in [-0.25, -0.2) is 9.59 Å². The number of anilines is 1. The molecule has 0 fully saturated rings. The predicted molar refractivity (Wildman–Crippen MR) is 151 cm³/mol. The molecule has 10 nitrogen and oxygen atoms in total. The fourth-order valence-electron chi connectivity index (χ4n) is 5.05. The Morgan fingerprint density at radius 2 is 1.56 bits per heavy atom. The first-order valence-corrected chi connectivity index (χ1v) is 13.2. The third kappa shape index (κ3) is 5.97. The molecule has 0 bridgehead atoms. The zero-order valence-electron chi connectivity index (χ0n) is 22.6. The first-order chi connectivity index (χ1) is 19.8. The van der Waals surface area contributed by atoms with Crippen LogP contribution in [0.1, 0.15) is 40.0 Å². The molecule has 0 saturated heterocycles. The Bertz CT molecular complexity index is 1520. The van der Waals surface area contributed by atoms with Gasteiger partial charge in [0.15, 0.2) is 5.69 Å². The number of benzene rings is 3. The van der Waals surface area contributed by atoms with Gasteiger partial charge in [-0.3, -0.25) is 9.48 Å². The van der Waals surface area contributed by atoms with Crippen LogP contribution in [0.4, 0.5) is 10.5 Å². The van der Waals surface area contributed by atoms with Crippen LogP contribution < -0.4 is 10.6 Å². The van der Waals surface area contributed by atoms with E-state index in [9.17, 15) is 19.5 Å². The number of nitrogens with one attached hydrogen (secondary N) is 2. The molecule has 10 heteroatoms. The van der Waals surface area contributed by atoms with E-state index in [1.807, 2.05) is 78.9 Å². The standard InChI is InChI=1S/C31H30N4O6/c1-19(40-17-20-10-4-3-5-11-20)27(29(36)33-26-16-32-35(2)28(26)30(37)38)34-31(39)41-18-25-23-14-8-6-12-21(23)22-13-7-9-15-24(22)25/h3-16,19,25,27H,17-18H2,1-2H3,(H,33,36)(H,34,39)(H,37,38). The van der Waals surface area contributed by atoms with E-state index in [2.05, 4.69) is 15.7 Å². The Hall–Kier alpha value is -4.96. The number of ether oxygens (including phenoxy) is 2. The highest BCUT2D eigenvalue weighted by atomic mass is 16.5. The molecule has 1 heterocycles. The minimum atomic E-state index is -1.25. The van der Waals surface area contributed by atoms with Crippen molar-refractivity contribution in [2.45, 2.75) is 31.6 Å². The van der Waals surface area contributed by atoms with Gasteiger partial charge < -0.3 is 25.2 Å². The highest BCUT2D eigenvalue weighted by molar-refractivity contribution is 6.02. The molecule has 0 saturated carbocycles. The monoisotopic (exact) mass is 554 g/mol. The number of carbonyl (C=O) groups is 3. The van der Waals surface area contributed by atoms with E-state index in [4.69, 9.17) is 9.47 Å². The average molecular weight is 555 g/mol. The Morgan fingerprint density at radius 1 is 0.951 bits per heavy atom. The number of hydrogen-bond acceptors (Lipinski definition) is 6. The van der Waals surface area contributed by atoms with Crippen LogP contribution >= 0.6 is 0 Å². The molecular formula is C31H30N4O6. The van der Waals surface area contributed by atoms with E-state index in [0.717, 1.165) is 32.5 Å². The van der Waals surface area contributed by atoms with E-state index in [1.54, 1.807) is 6.92 Å². The number of aromatic nitrogens is 2. The van der Waals surface area contributed by atoms with E-state index < -0.39 is 30.1 Å². The van der Waals surface area contributed by atoms with Crippen LogP contribution in [0.3, 0.4) is 0 Å². The maximum atomic E-state index is 13.4. The number of carboxylic acid groups (broad SMARTS) is 1. The number of carbonyl (C=O) groups excluding carboxylic acids is 2. The van der Waals surface area contributed by atoms with Crippen LogP contribution in [0, 0.1) is 0 Å². The summed E-state index contributed by atoms with van der Waals surface area (Å²) in [6.45, 7) is 1.92. The SMILES string of the molecule is CC(OCc1ccccc1)C(NC(=O)OCC1c2ccccc2-c2ccccc21)C(=O)Nc1cnn(C)c1C(=O)O. The third-order valence-corrected chi connectivity index (χ3v) is 7.12. The molecule has 5 rings (SSSR count). The number of carboxylic acids is 1. The topological polar surface area (TPSA) is 132 Å². The predicted octanol–water partition coefficient (Wildman–Crippen LogP) is 4.57. The lowest BCUT2D eigenvalue weighted by atomic mass is 9.98. The Balaban J connectivity index is 1.31. The Morgan fingerprint density at radius 3 is 2.20 bits per heavy atom. The number of aryl methyl sites for hydroxylation is 1. The lowest BCUT2D eigenvalue weighted by Gasteiger charge is -2.25. The van der Waals surface area contributed by atoms with E-state index >= 15 is 0 Å². The number of aromatic carboxylic acids is 1. The van der Waals surface area contributed by atoms with Gasteiger partial charge in [-0.05, 0) is 34.7 Å². The summed E-state index contributed by atoms with van der Waals surface area (Å²) in [6.07, 6.45) is -0.353. The maximum Gasteiger partial charge on any atom is 0.407 e. The van der Waals surface area contributed by atoms with Gasteiger partial charge in [0.25, 0.3) is 0 Å². The van der Waals surface area contributed by atoms with Crippen molar-refractivity contribution in [2.24, 2.45) is 7.05 Å². The van der Waals surface area contributed by atoms with Crippen molar-refractivity contribution in [3.63, 3.8) is 0 Å². The minimum Gasteiger partial charge on any atom is -0.476 e. The minimum absolute atomic E-state index is 0.000374. The summed E-state index contributed by atoms with van der Waals surface area (Å²) in [5, 5.41) is 18.7. The summed E-state index contributed by atoms with van der Waals surface area (Å²) in [5.74, 6) is -2.08. The number of alkyl carbamates (subject to hydrolysis) is 1. The molecule has 2 amide bonds. The van der Waals surface area contributed by atoms with Crippen LogP contribution in [0.2, 0.25) is 0 Å². The van der Waals surface area contributed by atoms with Crippen molar-refractivity contribution < 1.29 is 29.0 Å². The van der Waals surface area contributed by atoms with Crippen molar-refractivity contribution in [2.75, 3.05) is 11.9 Å². The molecule has 3 N–H and O–H groups in total. The normalized spacial score (nSPS) is 13.5.